The second-order valence-corrected chi connectivity index (χ2v) is 19.0. The van der Waals surface area contributed by atoms with Crippen LogP contribution in [0.25, 0.3) is 0 Å². The van der Waals surface area contributed by atoms with E-state index >= 15 is 0 Å². The van der Waals surface area contributed by atoms with Crippen LogP contribution < -0.4 is 5.30 Å². The van der Waals surface area contributed by atoms with Gasteiger partial charge in [0.2, 0.25) is 0 Å². The lowest BCUT2D eigenvalue weighted by Crippen LogP contribution is -2.28. The van der Waals surface area contributed by atoms with Crippen molar-refractivity contribution in [2.24, 2.45) is 0 Å². The molecule has 0 nitrogen and oxygen atoms in total. The zero-order valence-electron chi connectivity index (χ0n) is 29.6. The number of rotatable bonds is 3. The van der Waals surface area contributed by atoms with Crippen LogP contribution in [0.4, 0.5) is 0 Å². The van der Waals surface area contributed by atoms with Gasteiger partial charge in [-0.15, -0.1) is 0 Å². The van der Waals surface area contributed by atoms with Gasteiger partial charge in [-0.25, -0.2) is 0 Å². The van der Waals surface area contributed by atoms with Crippen molar-refractivity contribution in [3.63, 3.8) is 0 Å². The molecule has 0 amide bonds. The van der Waals surface area contributed by atoms with Gasteiger partial charge in [0.05, 0.1) is 0 Å². The van der Waals surface area contributed by atoms with Gasteiger partial charge in [-0.05, 0) is 169 Å². The Morgan fingerprint density at radius 3 is 1.31 bits per heavy atom. The van der Waals surface area contributed by atoms with Gasteiger partial charge in [0.25, 0.3) is 0 Å². The number of benzene rings is 4. The van der Waals surface area contributed by atoms with Crippen LogP contribution in [0.1, 0.15) is 120 Å². The van der Waals surface area contributed by atoms with Crippen LogP contribution in [0, 0.1) is 13.8 Å². The molecule has 48 heavy (non-hydrogen) atoms. The molecule has 0 aromatic heterocycles. The average Bonchev–Trinajstić information content (AvgIpc) is 3.10. The highest BCUT2D eigenvalue weighted by molar-refractivity contribution is 9.10. The number of hydrogen-bond donors (Lipinski definition) is 0. The second-order valence-electron chi connectivity index (χ2n) is 15.4. The lowest BCUT2D eigenvalue weighted by atomic mass is 9.94. The molecule has 4 aromatic carbocycles. The molecule has 10 aliphatic rings. The van der Waals surface area contributed by atoms with Crippen LogP contribution in [-0.2, 0) is 51.4 Å². The lowest BCUT2D eigenvalue weighted by Gasteiger charge is -2.40. The molecule has 8 bridgehead atoms. The van der Waals surface area contributed by atoms with Crippen molar-refractivity contribution in [3.8, 4) is 0 Å². The number of halogens is 1. The van der Waals surface area contributed by atoms with E-state index in [0.717, 1.165) is 37.0 Å². The predicted octanol–water partition coefficient (Wildman–Crippen LogP) is 12.3. The summed E-state index contributed by atoms with van der Waals surface area (Å²) in [7, 11) is -0.00826. The number of aryl methyl sites for hydroxylation is 10. The van der Waals surface area contributed by atoms with Crippen LogP contribution in [0.3, 0.4) is 0 Å². The molecule has 0 heterocycles. The summed E-state index contributed by atoms with van der Waals surface area (Å²) in [4.78, 5) is 0. The first-order chi connectivity index (χ1) is 23.5. The monoisotopic (exact) mass is 718 g/mol. The standard InChI is InChI=1S/C29H39P.C17H17Br/c1-22-20-23-12-16-25(22)17-13-24-15-19-26(18-14-23)29(21-24)30(27-8-4-2-5-9-27)28-10-6-3-7-11-28;1-12-10-13-2-6-15(12)7-3-14-5-9-16(8-4-13)17(18)11-14/h12,15-16,19-21,27-28H,2-11,13-14,17-18H2,1H3;2,5-6,9-11H,3-4,7-8H2,1H3. The molecule has 2 heteroatoms. The van der Waals surface area contributed by atoms with Gasteiger partial charge in [-0.1, -0.05) is 129 Å². The van der Waals surface area contributed by atoms with Crippen molar-refractivity contribution in [3.05, 3.63) is 133 Å². The summed E-state index contributed by atoms with van der Waals surface area (Å²) >= 11 is 3.70. The molecule has 252 valence electrons. The third-order valence-corrected chi connectivity index (χ3v) is 16.3. The van der Waals surface area contributed by atoms with Gasteiger partial charge in [0.1, 0.15) is 0 Å². The minimum Gasteiger partial charge on any atom is -0.0686 e. The van der Waals surface area contributed by atoms with Crippen LogP contribution >= 0.6 is 23.9 Å². The smallest absolute Gasteiger partial charge is 0.0210 e. The fourth-order valence-electron chi connectivity index (χ4n) is 9.08. The molecular weight excluding hydrogens is 663 g/mol. The molecule has 4 aromatic rings. The lowest BCUT2D eigenvalue weighted by molar-refractivity contribution is 0.487. The summed E-state index contributed by atoms with van der Waals surface area (Å²) in [5, 5.41) is 1.84. The van der Waals surface area contributed by atoms with Crippen LogP contribution in [0.2, 0.25) is 0 Å². The minimum atomic E-state index is -0.00826. The van der Waals surface area contributed by atoms with Crippen molar-refractivity contribution >= 4 is 29.2 Å². The summed E-state index contributed by atoms with van der Waals surface area (Å²) in [5.41, 5.74) is 17.1. The van der Waals surface area contributed by atoms with E-state index in [9.17, 15) is 0 Å². The second kappa shape index (κ2) is 16.2. The highest BCUT2D eigenvalue weighted by atomic mass is 79.9. The molecule has 0 N–H and O–H groups in total. The van der Waals surface area contributed by atoms with E-state index in [1.807, 2.05) is 5.30 Å². The maximum Gasteiger partial charge on any atom is 0.0210 e. The third kappa shape index (κ3) is 8.38. The van der Waals surface area contributed by atoms with Gasteiger partial charge in [-0.3, -0.25) is 0 Å². The van der Waals surface area contributed by atoms with Gasteiger partial charge >= 0.3 is 0 Å². The Kier molecular flexibility index (Phi) is 11.6. The molecular formula is C46H56BrP. The zero-order valence-corrected chi connectivity index (χ0v) is 32.1. The van der Waals surface area contributed by atoms with Gasteiger partial charge < -0.3 is 0 Å². The molecule has 0 saturated heterocycles. The molecule has 2 fully saturated rings. The molecule has 0 aliphatic heterocycles. The van der Waals surface area contributed by atoms with E-state index < -0.39 is 0 Å². The predicted molar refractivity (Wildman–Crippen MR) is 213 cm³/mol. The van der Waals surface area contributed by atoms with Crippen molar-refractivity contribution < 1.29 is 0 Å². The Hall–Kier alpha value is -2.21. The van der Waals surface area contributed by atoms with E-state index in [1.165, 1.54) is 133 Å². The minimum absolute atomic E-state index is 0.00826. The Bertz CT molecular complexity index is 1620. The summed E-state index contributed by atoms with van der Waals surface area (Å²) < 4.78 is 1.27. The molecule has 0 spiro atoms. The van der Waals surface area contributed by atoms with Crippen LogP contribution in [-0.4, -0.2) is 11.3 Å². The highest BCUT2D eigenvalue weighted by Gasteiger charge is 2.33. The molecule has 14 rings (SSSR count). The fraction of sp³-hybridized carbons (Fsp3) is 0.478. The van der Waals surface area contributed by atoms with Gasteiger partial charge in [-0.2, -0.15) is 0 Å². The maximum absolute atomic E-state index is 3.70. The summed E-state index contributed by atoms with van der Waals surface area (Å²) in [6.07, 6.45) is 24.2. The number of hydrogen-bond acceptors (Lipinski definition) is 0. The van der Waals surface area contributed by atoms with Crippen molar-refractivity contribution in [2.45, 2.75) is 141 Å². The SMILES string of the molecule is Cc1cc2ccc1CCc1ccc(c(Br)c1)CC2.Cc1cc2ccc1CCc1ccc(c(P(C3CCCCC3)C3CCCCC3)c1)CC2. The maximum atomic E-state index is 3.70. The van der Waals surface area contributed by atoms with E-state index in [0.29, 0.717) is 0 Å². The first-order valence-electron chi connectivity index (χ1n) is 19.3. The highest BCUT2D eigenvalue weighted by Crippen LogP contribution is 2.55. The first-order valence-corrected chi connectivity index (χ1v) is 21.6. The summed E-state index contributed by atoms with van der Waals surface area (Å²) in [5.74, 6) is 0. The summed E-state index contributed by atoms with van der Waals surface area (Å²) in [6, 6.07) is 28.8. The van der Waals surface area contributed by atoms with E-state index in [4.69, 9.17) is 0 Å². The van der Waals surface area contributed by atoms with Crippen molar-refractivity contribution in [1.82, 2.24) is 0 Å². The average molecular weight is 720 g/mol. The van der Waals surface area contributed by atoms with E-state index in [1.54, 1.807) is 16.7 Å². The largest absolute Gasteiger partial charge is 0.0686 e. The molecule has 0 atom stereocenters. The Morgan fingerprint density at radius 2 is 0.833 bits per heavy atom. The molecule has 0 unspecified atom stereocenters. The Balaban J connectivity index is 0.000000172. The van der Waals surface area contributed by atoms with Gasteiger partial charge in [0, 0.05) is 4.47 Å². The first kappa shape index (κ1) is 34.2. The van der Waals surface area contributed by atoms with Crippen molar-refractivity contribution in [1.29, 1.82) is 0 Å². The summed E-state index contributed by atoms with van der Waals surface area (Å²) in [6.45, 7) is 4.55. The van der Waals surface area contributed by atoms with Crippen molar-refractivity contribution in [2.75, 3.05) is 0 Å². The molecule has 2 saturated carbocycles. The fourth-order valence-corrected chi connectivity index (χ4v) is 13.8. The normalized spacial score (nSPS) is 18.5. The van der Waals surface area contributed by atoms with Crippen LogP contribution in [0.5, 0.6) is 0 Å². The molecule has 0 radical (unpaired) electrons. The topological polar surface area (TPSA) is 0 Å². The van der Waals surface area contributed by atoms with E-state index in [-0.39, 0.29) is 7.92 Å². The van der Waals surface area contributed by atoms with Crippen LogP contribution in [0.15, 0.2) is 77.3 Å². The zero-order chi connectivity index (χ0) is 32.9. The van der Waals surface area contributed by atoms with E-state index in [2.05, 4.69) is 103 Å². The Morgan fingerprint density at radius 1 is 0.438 bits per heavy atom. The Labute approximate surface area is 301 Å². The molecule has 10 aliphatic carbocycles. The quantitative estimate of drug-likeness (QED) is 0.185. The third-order valence-electron chi connectivity index (χ3n) is 12.0. The van der Waals surface area contributed by atoms with Gasteiger partial charge in [0.15, 0.2) is 0 Å².